The predicted molar refractivity (Wildman–Crippen MR) is 73.7 cm³/mol. The van der Waals surface area contributed by atoms with Crippen LogP contribution in [-0.4, -0.2) is 53.9 Å². The van der Waals surface area contributed by atoms with Crippen molar-refractivity contribution >= 4 is 0 Å². The van der Waals surface area contributed by atoms with E-state index < -0.39 is 0 Å². The topological polar surface area (TPSA) is 71.6 Å². The number of likely N-dealkylation sites (tertiary alicyclic amines) is 1. The second-order valence-corrected chi connectivity index (χ2v) is 4.87. The summed E-state index contributed by atoms with van der Waals surface area (Å²) in [5, 5.41) is 8.76. The second-order valence-electron chi connectivity index (χ2n) is 4.87. The fourth-order valence-electron chi connectivity index (χ4n) is 2.64. The molecule has 0 radical (unpaired) electrons. The smallest absolute Gasteiger partial charge is 0.0701 e. The van der Waals surface area contributed by atoms with Gasteiger partial charge < -0.3 is 15.6 Å². The van der Waals surface area contributed by atoms with Crippen LogP contribution in [0.25, 0.3) is 0 Å². The lowest BCUT2D eigenvalue weighted by atomic mass is 10.0. The number of nitrogens with two attached hydrogens (primary N) is 1. The summed E-state index contributed by atoms with van der Waals surface area (Å²) >= 11 is 0. The summed E-state index contributed by atoms with van der Waals surface area (Å²) in [4.78, 5) is 6.57. The van der Waals surface area contributed by atoms with E-state index in [2.05, 4.69) is 16.0 Å². The molecule has 0 spiro atoms. The molecule has 19 heavy (non-hydrogen) atoms. The average Bonchev–Trinajstić information content (AvgIpc) is 2.48. The Morgan fingerprint density at radius 1 is 1.47 bits per heavy atom. The maximum atomic E-state index is 8.76. The van der Waals surface area contributed by atoms with Crippen LogP contribution in [0.1, 0.15) is 24.4 Å². The standard InChI is InChI=1S/C14H23N3O2/c15-10-14(12-2-1-5-16-11-12)17-6-3-13(4-7-17)19-9-8-18/h1-2,5,11,13-14,18H,3-4,6-10,15H2. The molecule has 1 unspecified atom stereocenters. The van der Waals surface area contributed by atoms with Crippen molar-refractivity contribution in [1.29, 1.82) is 0 Å². The third-order valence-corrected chi connectivity index (χ3v) is 3.65. The van der Waals surface area contributed by atoms with Crippen molar-refractivity contribution < 1.29 is 9.84 Å². The third kappa shape index (κ3) is 3.98. The Morgan fingerprint density at radius 3 is 2.84 bits per heavy atom. The van der Waals surface area contributed by atoms with E-state index in [0.29, 0.717) is 13.2 Å². The van der Waals surface area contributed by atoms with Crippen molar-refractivity contribution in [2.45, 2.75) is 25.0 Å². The number of hydrogen-bond donors (Lipinski definition) is 2. The largest absolute Gasteiger partial charge is 0.394 e. The van der Waals surface area contributed by atoms with Gasteiger partial charge in [0, 0.05) is 38.1 Å². The fourth-order valence-corrected chi connectivity index (χ4v) is 2.64. The van der Waals surface area contributed by atoms with Crippen LogP contribution in [0.2, 0.25) is 0 Å². The number of piperidine rings is 1. The van der Waals surface area contributed by atoms with Crippen LogP contribution >= 0.6 is 0 Å². The zero-order valence-corrected chi connectivity index (χ0v) is 11.2. The maximum Gasteiger partial charge on any atom is 0.0701 e. The Morgan fingerprint density at radius 2 is 2.26 bits per heavy atom. The number of aromatic nitrogens is 1. The van der Waals surface area contributed by atoms with Gasteiger partial charge in [0.15, 0.2) is 0 Å². The van der Waals surface area contributed by atoms with Gasteiger partial charge in [-0.3, -0.25) is 9.88 Å². The zero-order valence-electron chi connectivity index (χ0n) is 11.2. The summed E-state index contributed by atoms with van der Waals surface area (Å²) in [6.45, 7) is 3.10. The molecule has 1 aromatic heterocycles. The molecule has 0 amide bonds. The Labute approximate surface area is 114 Å². The molecule has 2 rings (SSSR count). The maximum absolute atomic E-state index is 8.76. The van der Waals surface area contributed by atoms with Crippen LogP contribution in [0, 0.1) is 0 Å². The minimum Gasteiger partial charge on any atom is -0.394 e. The third-order valence-electron chi connectivity index (χ3n) is 3.65. The summed E-state index contributed by atoms with van der Waals surface area (Å²) in [6, 6.07) is 4.28. The van der Waals surface area contributed by atoms with E-state index in [9.17, 15) is 0 Å². The minimum atomic E-state index is 0.0985. The van der Waals surface area contributed by atoms with E-state index in [1.165, 1.54) is 5.56 Å². The molecule has 1 aliphatic rings. The first-order valence-electron chi connectivity index (χ1n) is 6.91. The van der Waals surface area contributed by atoms with Crippen LogP contribution in [0.4, 0.5) is 0 Å². The Hall–Kier alpha value is -1.01. The Bertz CT molecular complexity index is 353. The summed E-state index contributed by atoms with van der Waals surface area (Å²) in [7, 11) is 0. The molecule has 5 nitrogen and oxygen atoms in total. The molecule has 1 aliphatic heterocycles. The summed E-state index contributed by atoms with van der Waals surface area (Å²) < 4.78 is 5.58. The number of rotatable bonds is 6. The Balaban J connectivity index is 1.89. The normalized spacial score (nSPS) is 19.5. The van der Waals surface area contributed by atoms with Gasteiger partial charge in [-0.1, -0.05) is 6.07 Å². The highest BCUT2D eigenvalue weighted by molar-refractivity contribution is 5.14. The highest BCUT2D eigenvalue weighted by atomic mass is 16.5. The van der Waals surface area contributed by atoms with Gasteiger partial charge in [-0.05, 0) is 24.5 Å². The van der Waals surface area contributed by atoms with E-state index in [0.717, 1.165) is 25.9 Å². The Kier molecular flexibility index (Phi) is 5.72. The molecule has 2 heterocycles. The van der Waals surface area contributed by atoms with Crippen molar-refractivity contribution in [3.63, 3.8) is 0 Å². The van der Waals surface area contributed by atoms with Crippen molar-refractivity contribution in [2.24, 2.45) is 5.73 Å². The summed E-state index contributed by atoms with van der Waals surface area (Å²) in [5.41, 5.74) is 7.10. The van der Waals surface area contributed by atoms with Gasteiger partial charge in [0.05, 0.1) is 19.3 Å². The first-order chi connectivity index (χ1) is 9.35. The van der Waals surface area contributed by atoms with Gasteiger partial charge in [-0.2, -0.15) is 0 Å². The van der Waals surface area contributed by atoms with Crippen LogP contribution in [0.5, 0.6) is 0 Å². The lowest BCUT2D eigenvalue weighted by Gasteiger charge is -2.37. The SMILES string of the molecule is NCC(c1cccnc1)N1CCC(OCCO)CC1. The highest BCUT2D eigenvalue weighted by Gasteiger charge is 2.25. The van der Waals surface area contributed by atoms with Crippen LogP contribution in [-0.2, 0) is 4.74 Å². The molecule has 1 atom stereocenters. The quantitative estimate of drug-likeness (QED) is 0.786. The van der Waals surface area contributed by atoms with Gasteiger partial charge in [0.25, 0.3) is 0 Å². The number of aliphatic hydroxyl groups is 1. The highest BCUT2D eigenvalue weighted by Crippen LogP contribution is 2.24. The van der Waals surface area contributed by atoms with Crippen LogP contribution < -0.4 is 5.73 Å². The van der Waals surface area contributed by atoms with Gasteiger partial charge in [-0.15, -0.1) is 0 Å². The summed E-state index contributed by atoms with van der Waals surface area (Å²) in [5.74, 6) is 0. The predicted octanol–water partition coefficient (Wildman–Crippen LogP) is 0.555. The van der Waals surface area contributed by atoms with Gasteiger partial charge >= 0.3 is 0 Å². The molecule has 3 N–H and O–H groups in total. The van der Waals surface area contributed by atoms with E-state index in [1.807, 2.05) is 12.3 Å². The average molecular weight is 265 g/mol. The molecule has 1 saturated heterocycles. The molecule has 1 fully saturated rings. The van der Waals surface area contributed by atoms with Gasteiger partial charge in [-0.25, -0.2) is 0 Å². The van der Waals surface area contributed by atoms with E-state index in [1.54, 1.807) is 6.20 Å². The lowest BCUT2D eigenvalue weighted by Crippen LogP contribution is -2.42. The monoisotopic (exact) mass is 265 g/mol. The van der Waals surface area contributed by atoms with Crippen LogP contribution in [0.15, 0.2) is 24.5 Å². The molecule has 0 bridgehead atoms. The molecular weight excluding hydrogens is 242 g/mol. The van der Waals surface area contributed by atoms with Gasteiger partial charge in [0.2, 0.25) is 0 Å². The first-order valence-corrected chi connectivity index (χ1v) is 6.91. The number of ether oxygens (including phenoxy) is 1. The molecular formula is C14H23N3O2. The number of aliphatic hydroxyl groups excluding tert-OH is 1. The molecule has 106 valence electrons. The van der Waals surface area contributed by atoms with E-state index >= 15 is 0 Å². The fraction of sp³-hybridized carbons (Fsp3) is 0.643. The van der Waals surface area contributed by atoms with Crippen molar-refractivity contribution in [2.75, 3.05) is 32.8 Å². The van der Waals surface area contributed by atoms with E-state index in [-0.39, 0.29) is 18.8 Å². The van der Waals surface area contributed by atoms with Crippen LogP contribution in [0.3, 0.4) is 0 Å². The van der Waals surface area contributed by atoms with E-state index in [4.69, 9.17) is 15.6 Å². The first kappa shape index (κ1) is 14.4. The molecule has 0 saturated carbocycles. The van der Waals surface area contributed by atoms with Crippen molar-refractivity contribution in [1.82, 2.24) is 9.88 Å². The lowest BCUT2D eigenvalue weighted by molar-refractivity contribution is -0.0149. The second kappa shape index (κ2) is 7.55. The molecule has 0 aliphatic carbocycles. The van der Waals surface area contributed by atoms with Gasteiger partial charge in [0.1, 0.15) is 0 Å². The molecule has 1 aromatic rings. The molecule has 0 aromatic carbocycles. The molecule has 5 heteroatoms. The van der Waals surface area contributed by atoms with Crippen molar-refractivity contribution in [3.05, 3.63) is 30.1 Å². The number of hydrogen-bond acceptors (Lipinski definition) is 5. The minimum absolute atomic E-state index is 0.0985. The summed E-state index contributed by atoms with van der Waals surface area (Å²) in [6.07, 6.45) is 5.95. The zero-order chi connectivity index (χ0) is 13.5. The number of nitrogens with zero attached hydrogens (tertiary/aromatic N) is 2. The van der Waals surface area contributed by atoms with Crippen molar-refractivity contribution in [3.8, 4) is 0 Å². The number of pyridine rings is 1.